The topological polar surface area (TPSA) is 97.6 Å². The Bertz CT molecular complexity index is 760. The van der Waals surface area contributed by atoms with Crippen molar-refractivity contribution in [1.29, 1.82) is 0 Å². The second-order valence-corrected chi connectivity index (χ2v) is 8.56. The fourth-order valence-corrected chi connectivity index (χ4v) is 4.77. The molecule has 1 amide bonds. The number of benzene rings is 1. The largest absolute Gasteiger partial charge is 0.339 e. The van der Waals surface area contributed by atoms with Crippen LogP contribution in [0.1, 0.15) is 43.7 Å². The molecule has 0 aromatic heterocycles. The molecule has 2 rings (SSSR count). The van der Waals surface area contributed by atoms with Gasteiger partial charge >= 0.3 is 0 Å². The first-order chi connectivity index (χ1) is 11.7. The van der Waals surface area contributed by atoms with Crippen LogP contribution in [0.3, 0.4) is 0 Å². The van der Waals surface area contributed by atoms with Gasteiger partial charge in [-0.3, -0.25) is 14.9 Å². The summed E-state index contributed by atoms with van der Waals surface area (Å²) in [6, 6.07) is 4.47. The number of rotatable bonds is 6. The molecule has 1 aliphatic rings. The monoisotopic (exact) mass is 368 g/mol. The Morgan fingerprint density at radius 3 is 2.72 bits per heavy atom. The van der Waals surface area contributed by atoms with Crippen LogP contribution in [0, 0.1) is 17.0 Å². The summed E-state index contributed by atoms with van der Waals surface area (Å²) in [5.74, 6) is -1.28. The van der Waals surface area contributed by atoms with Gasteiger partial charge in [-0.25, -0.2) is 8.42 Å². The zero-order valence-corrected chi connectivity index (χ0v) is 15.4. The van der Waals surface area contributed by atoms with E-state index >= 15 is 0 Å². The van der Waals surface area contributed by atoms with Gasteiger partial charge in [0, 0.05) is 24.2 Å². The van der Waals surface area contributed by atoms with Gasteiger partial charge in [0.25, 0.3) is 5.69 Å². The minimum absolute atomic E-state index is 0.107. The zero-order valence-electron chi connectivity index (χ0n) is 14.6. The summed E-state index contributed by atoms with van der Waals surface area (Å²) >= 11 is 0. The molecule has 0 bridgehead atoms. The van der Waals surface area contributed by atoms with Gasteiger partial charge in [-0.1, -0.05) is 19.1 Å². The molecule has 0 N–H and O–H groups in total. The number of nitrogens with zero attached hydrogens (tertiary/aromatic N) is 2. The third kappa shape index (κ3) is 4.78. The smallest absolute Gasteiger partial charge is 0.272 e. The minimum atomic E-state index is -3.69. The van der Waals surface area contributed by atoms with Crippen LogP contribution >= 0.6 is 0 Å². The van der Waals surface area contributed by atoms with Crippen LogP contribution in [-0.2, 0) is 20.4 Å². The lowest BCUT2D eigenvalue weighted by molar-refractivity contribution is -0.385. The van der Waals surface area contributed by atoms with Crippen molar-refractivity contribution in [2.75, 3.05) is 12.3 Å². The lowest BCUT2D eigenvalue weighted by Gasteiger charge is -2.35. The van der Waals surface area contributed by atoms with Crippen molar-refractivity contribution in [1.82, 2.24) is 4.90 Å². The van der Waals surface area contributed by atoms with Gasteiger partial charge in [-0.15, -0.1) is 0 Å². The van der Waals surface area contributed by atoms with Gasteiger partial charge in [-0.2, -0.15) is 0 Å². The number of likely N-dealkylation sites (tertiary alicyclic amines) is 1. The molecular weight excluding hydrogens is 344 g/mol. The lowest BCUT2D eigenvalue weighted by atomic mass is 10.0. The average molecular weight is 368 g/mol. The number of hydrogen-bond donors (Lipinski definition) is 0. The molecule has 1 atom stereocenters. The first kappa shape index (κ1) is 19.4. The van der Waals surface area contributed by atoms with Crippen LogP contribution in [0.2, 0.25) is 0 Å². The van der Waals surface area contributed by atoms with Gasteiger partial charge in [0.1, 0.15) is 5.75 Å². The molecule has 25 heavy (non-hydrogen) atoms. The van der Waals surface area contributed by atoms with E-state index in [1.807, 2.05) is 6.92 Å². The van der Waals surface area contributed by atoms with E-state index in [4.69, 9.17) is 0 Å². The van der Waals surface area contributed by atoms with Crippen molar-refractivity contribution in [3.05, 3.63) is 39.4 Å². The maximum Gasteiger partial charge on any atom is 0.272 e. The highest BCUT2D eigenvalue weighted by Gasteiger charge is 2.29. The highest BCUT2D eigenvalue weighted by molar-refractivity contribution is 7.91. The summed E-state index contributed by atoms with van der Waals surface area (Å²) in [6.45, 7) is 4.13. The van der Waals surface area contributed by atoms with Crippen LogP contribution in [-0.4, -0.2) is 42.5 Å². The van der Waals surface area contributed by atoms with Gasteiger partial charge in [0.15, 0.2) is 9.84 Å². The fourth-order valence-electron chi connectivity index (χ4n) is 3.34. The Hall–Kier alpha value is -1.96. The van der Waals surface area contributed by atoms with E-state index in [2.05, 4.69) is 0 Å². The van der Waals surface area contributed by atoms with Crippen molar-refractivity contribution in [3.8, 4) is 0 Å². The quantitative estimate of drug-likeness (QED) is 0.568. The van der Waals surface area contributed by atoms with Gasteiger partial charge < -0.3 is 4.90 Å². The number of carbonyl (C=O) groups excluding carboxylic acids is 1. The minimum Gasteiger partial charge on any atom is -0.339 e. The maximum atomic E-state index is 12.5. The van der Waals surface area contributed by atoms with Crippen molar-refractivity contribution in [2.24, 2.45) is 0 Å². The molecule has 0 saturated carbocycles. The van der Waals surface area contributed by atoms with E-state index in [0.29, 0.717) is 17.7 Å². The normalized spacial score (nSPS) is 18.2. The molecule has 7 nitrogen and oxygen atoms in total. The zero-order chi connectivity index (χ0) is 18.6. The van der Waals surface area contributed by atoms with Gasteiger partial charge in [0.2, 0.25) is 5.91 Å². The number of amides is 1. The highest BCUT2D eigenvalue weighted by atomic mass is 32.2. The summed E-state index contributed by atoms with van der Waals surface area (Å²) < 4.78 is 24.9. The molecule has 1 unspecified atom stereocenters. The van der Waals surface area contributed by atoms with Crippen molar-refractivity contribution in [3.63, 3.8) is 0 Å². The van der Waals surface area contributed by atoms with E-state index in [1.54, 1.807) is 11.0 Å². The molecule has 1 saturated heterocycles. The SMILES string of the molecule is CCC1CCCCN1C(=O)CS(=O)(=O)Cc1cccc([N+](=O)[O-])c1C. The van der Waals surface area contributed by atoms with Crippen molar-refractivity contribution in [2.45, 2.75) is 51.3 Å². The Morgan fingerprint density at radius 2 is 2.08 bits per heavy atom. The number of nitro groups is 1. The Labute approximate surface area is 148 Å². The molecule has 0 aliphatic carbocycles. The van der Waals surface area contributed by atoms with Crippen molar-refractivity contribution >= 4 is 21.4 Å². The van der Waals surface area contributed by atoms with Crippen LogP contribution in [0.15, 0.2) is 18.2 Å². The van der Waals surface area contributed by atoms with E-state index < -0.39 is 20.5 Å². The number of carbonyl (C=O) groups is 1. The molecule has 1 aromatic rings. The molecule has 138 valence electrons. The van der Waals surface area contributed by atoms with E-state index in [1.165, 1.54) is 19.1 Å². The number of sulfone groups is 1. The van der Waals surface area contributed by atoms with Crippen LogP contribution in [0.5, 0.6) is 0 Å². The Morgan fingerprint density at radius 1 is 1.36 bits per heavy atom. The van der Waals surface area contributed by atoms with E-state index in [9.17, 15) is 23.3 Å². The molecular formula is C17H24N2O5S. The third-order valence-corrected chi connectivity index (χ3v) is 6.19. The molecule has 1 fully saturated rings. The number of piperidine rings is 1. The number of hydrogen-bond acceptors (Lipinski definition) is 5. The predicted octanol–water partition coefficient (Wildman–Crippen LogP) is 2.61. The predicted molar refractivity (Wildman–Crippen MR) is 95.0 cm³/mol. The molecule has 1 aromatic carbocycles. The average Bonchev–Trinajstić information content (AvgIpc) is 2.55. The van der Waals surface area contributed by atoms with Gasteiger partial charge in [0.05, 0.1) is 10.7 Å². The fraction of sp³-hybridized carbons (Fsp3) is 0.588. The van der Waals surface area contributed by atoms with E-state index in [-0.39, 0.29) is 23.4 Å². The lowest BCUT2D eigenvalue weighted by Crippen LogP contribution is -2.45. The Balaban J connectivity index is 2.13. The van der Waals surface area contributed by atoms with Crippen LogP contribution < -0.4 is 0 Å². The second-order valence-electron chi connectivity index (χ2n) is 6.50. The van der Waals surface area contributed by atoms with Crippen LogP contribution in [0.4, 0.5) is 5.69 Å². The number of nitro benzene ring substituents is 1. The first-order valence-electron chi connectivity index (χ1n) is 8.48. The standard InChI is InChI=1S/C17H24N2O5S/c1-3-15-8-4-5-10-18(15)17(20)12-25(23,24)11-14-7-6-9-16(13(14)2)19(21)22/h6-7,9,15H,3-5,8,10-12H2,1-2H3. The van der Waals surface area contributed by atoms with E-state index in [0.717, 1.165) is 25.7 Å². The molecule has 0 spiro atoms. The molecule has 1 heterocycles. The highest BCUT2D eigenvalue weighted by Crippen LogP contribution is 2.24. The molecule has 1 aliphatic heterocycles. The summed E-state index contributed by atoms with van der Waals surface area (Å²) in [4.78, 5) is 24.6. The van der Waals surface area contributed by atoms with Crippen LogP contribution in [0.25, 0.3) is 0 Å². The molecule has 8 heteroatoms. The third-order valence-electron chi connectivity index (χ3n) is 4.75. The summed E-state index contributed by atoms with van der Waals surface area (Å²) in [5.41, 5.74) is 0.585. The molecule has 0 radical (unpaired) electrons. The first-order valence-corrected chi connectivity index (χ1v) is 10.3. The second kappa shape index (κ2) is 7.95. The van der Waals surface area contributed by atoms with Crippen molar-refractivity contribution < 1.29 is 18.1 Å². The summed E-state index contributed by atoms with van der Waals surface area (Å²) in [7, 11) is -3.69. The summed E-state index contributed by atoms with van der Waals surface area (Å²) in [5, 5.41) is 11.0. The Kier molecular flexibility index (Phi) is 6.16. The summed E-state index contributed by atoms with van der Waals surface area (Å²) in [6.07, 6.45) is 3.68. The maximum absolute atomic E-state index is 12.5. The van der Waals surface area contributed by atoms with Gasteiger partial charge in [-0.05, 0) is 38.2 Å².